The highest BCUT2D eigenvalue weighted by Crippen LogP contribution is 2.16. The van der Waals surface area contributed by atoms with Crippen LogP contribution in [0.15, 0.2) is 6.07 Å². The van der Waals surface area contributed by atoms with Gasteiger partial charge in [-0.25, -0.2) is 9.97 Å². The van der Waals surface area contributed by atoms with Crippen LogP contribution < -0.4 is 10.2 Å². The monoisotopic (exact) mass is 279 g/mol. The largest absolute Gasteiger partial charge is 0.383 e. The summed E-state index contributed by atoms with van der Waals surface area (Å²) in [6, 6.07) is 4.00. The molecule has 20 heavy (non-hydrogen) atoms. The minimum absolute atomic E-state index is 0.346. The van der Waals surface area contributed by atoms with E-state index in [-0.39, 0.29) is 0 Å². The first kappa shape index (κ1) is 16.1. The van der Waals surface area contributed by atoms with Crippen LogP contribution in [0.3, 0.4) is 0 Å². The SMILES string of the molecule is CNc1cc(N(CCC#N)CCOC)nc(COC)n1. The molecule has 0 aromatic carbocycles. The molecule has 0 fully saturated rings. The second-order valence-electron chi connectivity index (χ2n) is 4.10. The molecule has 0 spiro atoms. The van der Waals surface area contributed by atoms with Gasteiger partial charge in [0.1, 0.15) is 18.2 Å². The van der Waals surface area contributed by atoms with Gasteiger partial charge in [0, 0.05) is 40.4 Å². The van der Waals surface area contributed by atoms with Gasteiger partial charge < -0.3 is 19.7 Å². The van der Waals surface area contributed by atoms with Gasteiger partial charge in [-0.2, -0.15) is 5.26 Å². The van der Waals surface area contributed by atoms with Crippen molar-refractivity contribution in [2.75, 3.05) is 51.2 Å². The van der Waals surface area contributed by atoms with Gasteiger partial charge in [0.2, 0.25) is 0 Å². The van der Waals surface area contributed by atoms with Crippen LogP contribution in [0.1, 0.15) is 12.2 Å². The Balaban J connectivity index is 2.96. The third kappa shape index (κ3) is 4.99. The van der Waals surface area contributed by atoms with E-state index in [0.29, 0.717) is 38.5 Å². The van der Waals surface area contributed by atoms with Crippen molar-refractivity contribution in [1.29, 1.82) is 5.26 Å². The van der Waals surface area contributed by atoms with Crippen LogP contribution >= 0.6 is 0 Å². The highest BCUT2D eigenvalue weighted by atomic mass is 16.5. The summed E-state index contributed by atoms with van der Waals surface area (Å²) in [7, 11) is 5.06. The molecule has 0 saturated heterocycles. The maximum Gasteiger partial charge on any atom is 0.158 e. The maximum absolute atomic E-state index is 8.75. The summed E-state index contributed by atoms with van der Waals surface area (Å²) in [6.45, 7) is 2.19. The first-order chi connectivity index (χ1) is 9.74. The number of aromatic nitrogens is 2. The molecule has 0 radical (unpaired) electrons. The lowest BCUT2D eigenvalue weighted by Gasteiger charge is -2.23. The second kappa shape index (κ2) is 9.07. The van der Waals surface area contributed by atoms with Gasteiger partial charge in [-0.15, -0.1) is 0 Å². The van der Waals surface area contributed by atoms with Gasteiger partial charge in [-0.05, 0) is 0 Å². The zero-order valence-electron chi connectivity index (χ0n) is 12.2. The number of ether oxygens (including phenoxy) is 2. The first-order valence-corrected chi connectivity index (χ1v) is 6.40. The van der Waals surface area contributed by atoms with Crippen LogP contribution in [-0.2, 0) is 16.1 Å². The van der Waals surface area contributed by atoms with Gasteiger partial charge in [0.15, 0.2) is 5.82 Å². The van der Waals surface area contributed by atoms with Crippen LogP contribution in [0.25, 0.3) is 0 Å². The van der Waals surface area contributed by atoms with E-state index < -0.39 is 0 Å². The molecular formula is C13H21N5O2. The van der Waals surface area contributed by atoms with E-state index in [1.165, 1.54) is 0 Å². The highest BCUT2D eigenvalue weighted by Gasteiger charge is 2.11. The van der Waals surface area contributed by atoms with E-state index in [9.17, 15) is 0 Å². The molecule has 1 N–H and O–H groups in total. The summed E-state index contributed by atoms with van der Waals surface area (Å²) < 4.78 is 10.2. The van der Waals surface area contributed by atoms with E-state index in [2.05, 4.69) is 21.4 Å². The van der Waals surface area contributed by atoms with Crippen molar-refractivity contribution in [3.63, 3.8) is 0 Å². The standard InChI is InChI=1S/C13H21N5O2/c1-15-11-9-13(17-12(16-11)10-20-3)18(6-4-5-14)7-8-19-2/h9H,4,6-8,10H2,1-3H3,(H,15,16,17). The fourth-order valence-electron chi connectivity index (χ4n) is 1.69. The first-order valence-electron chi connectivity index (χ1n) is 6.40. The average Bonchev–Trinajstić information content (AvgIpc) is 2.47. The van der Waals surface area contributed by atoms with Crippen molar-refractivity contribution in [2.45, 2.75) is 13.0 Å². The van der Waals surface area contributed by atoms with Crippen LogP contribution in [0.5, 0.6) is 0 Å². The molecule has 0 bridgehead atoms. The normalized spacial score (nSPS) is 10.1. The molecule has 7 heteroatoms. The van der Waals surface area contributed by atoms with Crippen molar-refractivity contribution in [3.05, 3.63) is 11.9 Å². The topological polar surface area (TPSA) is 83.3 Å². The molecule has 110 valence electrons. The highest BCUT2D eigenvalue weighted by molar-refractivity contribution is 5.49. The van der Waals surface area contributed by atoms with Gasteiger partial charge in [-0.1, -0.05) is 0 Å². The quantitative estimate of drug-likeness (QED) is 0.722. The third-order valence-corrected chi connectivity index (χ3v) is 2.67. The smallest absolute Gasteiger partial charge is 0.158 e. The second-order valence-corrected chi connectivity index (χ2v) is 4.10. The molecule has 1 aromatic rings. The van der Waals surface area contributed by atoms with Crippen molar-refractivity contribution < 1.29 is 9.47 Å². The van der Waals surface area contributed by atoms with Gasteiger partial charge in [-0.3, -0.25) is 0 Å². The van der Waals surface area contributed by atoms with E-state index in [1.54, 1.807) is 21.3 Å². The Morgan fingerprint density at radius 3 is 2.70 bits per heavy atom. The molecule has 1 heterocycles. The Morgan fingerprint density at radius 2 is 2.10 bits per heavy atom. The molecule has 1 aromatic heterocycles. The van der Waals surface area contributed by atoms with Crippen LogP contribution in [0, 0.1) is 11.3 Å². The van der Waals surface area contributed by atoms with Crippen LogP contribution in [0.2, 0.25) is 0 Å². The zero-order chi connectivity index (χ0) is 14.8. The molecule has 0 aliphatic heterocycles. The molecule has 0 saturated carbocycles. The van der Waals surface area contributed by atoms with Crippen LogP contribution in [0.4, 0.5) is 11.6 Å². The minimum atomic E-state index is 0.346. The summed E-state index contributed by atoms with van der Waals surface area (Å²) in [5.41, 5.74) is 0. The Bertz CT molecular complexity index is 447. The fourth-order valence-corrected chi connectivity index (χ4v) is 1.69. The Labute approximate surface area is 119 Å². The third-order valence-electron chi connectivity index (χ3n) is 2.67. The van der Waals surface area contributed by atoms with Crippen LogP contribution in [-0.4, -0.2) is 50.9 Å². The fraction of sp³-hybridized carbons (Fsp3) is 0.615. The number of hydrogen-bond donors (Lipinski definition) is 1. The van der Waals surface area contributed by atoms with E-state index in [4.69, 9.17) is 14.7 Å². The van der Waals surface area contributed by atoms with Crippen molar-refractivity contribution in [2.24, 2.45) is 0 Å². The lowest BCUT2D eigenvalue weighted by atomic mass is 10.3. The number of rotatable bonds is 9. The molecule has 1 rings (SSSR count). The van der Waals surface area contributed by atoms with E-state index in [0.717, 1.165) is 11.6 Å². The lowest BCUT2D eigenvalue weighted by Crippen LogP contribution is -2.29. The van der Waals surface area contributed by atoms with Crippen molar-refractivity contribution in [1.82, 2.24) is 9.97 Å². The molecule has 0 aliphatic rings. The molecule has 7 nitrogen and oxygen atoms in total. The predicted molar refractivity (Wildman–Crippen MR) is 76.6 cm³/mol. The molecular weight excluding hydrogens is 258 g/mol. The number of hydrogen-bond acceptors (Lipinski definition) is 7. The summed E-state index contributed by atoms with van der Waals surface area (Å²) in [5.74, 6) is 2.10. The Hall–Kier alpha value is -1.91. The van der Waals surface area contributed by atoms with Gasteiger partial charge in [0.05, 0.1) is 19.1 Å². The Kier molecular flexibility index (Phi) is 7.32. The number of nitriles is 1. The van der Waals surface area contributed by atoms with E-state index >= 15 is 0 Å². The number of anilines is 2. The summed E-state index contributed by atoms with van der Waals surface area (Å²) in [4.78, 5) is 10.8. The number of methoxy groups -OCH3 is 2. The maximum atomic E-state index is 8.75. The lowest BCUT2D eigenvalue weighted by molar-refractivity contribution is 0.178. The van der Waals surface area contributed by atoms with Gasteiger partial charge in [0.25, 0.3) is 0 Å². The van der Waals surface area contributed by atoms with Gasteiger partial charge >= 0.3 is 0 Å². The molecule has 0 amide bonds. The number of nitrogens with one attached hydrogen (secondary N) is 1. The molecule has 0 aliphatic carbocycles. The molecule has 0 atom stereocenters. The summed E-state index contributed by atoms with van der Waals surface area (Å²) in [5, 5.41) is 11.8. The summed E-state index contributed by atoms with van der Waals surface area (Å²) >= 11 is 0. The average molecular weight is 279 g/mol. The number of nitrogens with zero attached hydrogens (tertiary/aromatic N) is 4. The van der Waals surface area contributed by atoms with Crippen molar-refractivity contribution in [3.8, 4) is 6.07 Å². The van der Waals surface area contributed by atoms with E-state index in [1.807, 2.05) is 11.0 Å². The molecule has 0 unspecified atom stereocenters. The Morgan fingerprint density at radius 1 is 1.30 bits per heavy atom. The zero-order valence-corrected chi connectivity index (χ0v) is 12.2. The minimum Gasteiger partial charge on any atom is -0.383 e. The predicted octanol–water partition coefficient (Wildman–Crippen LogP) is 1.03. The van der Waals surface area contributed by atoms with Crippen molar-refractivity contribution >= 4 is 11.6 Å². The summed E-state index contributed by atoms with van der Waals surface area (Å²) in [6.07, 6.45) is 0.433.